The molecule has 21 nitrogen and oxygen atoms in total. The van der Waals surface area contributed by atoms with Gasteiger partial charge < -0.3 is 41.3 Å². The van der Waals surface area contributed by atoms with E-state index in [4.69, 9.17) is 45.0 Å². The van der Waals surface area contributed by atoms with Crippen molar-refractivity contribution in [3.05, 3.63) is 25.3 Å². The number of nitrogen functional groups attached to an aromatic ring is 2. The Morgan fingerprint density at radius 2 is 1.55 bits per heavy atom. The van der Waals surface area contributed by atoms with E-state index in [9.17, 15) is 13.9 Å². The van der Waals surface area contributed by atoms with Gasteiger partial charge in [0.25, 0.3) is 6.57 Å². The molecule has 10 atom stereocenters. The predicted octanol–water partition coefficient (Wildman–Crippen LogP) is 1.62. The molecule has 3 aliphatic rings. The zero-order valence-electron chi connectivity index (χ0n) is 26.3. The molecule has 4 aromatic heterocycles. The molecule has 0 radical (unpaired) electrons. The molecular formula is C25H33FN12O9P2S2. The highest BCUT2D eigenvalue weighted by Crippen LogP contribution is 2.60. The molecule has 7 rings (SSSR count). The molecule has 0 saturated carbocycles. The van der Waals surface area contributed by atoms with Gasteiger partial charge in [0, 0.05) is 18.6 Å². The molecule has 1 amide bonds. The number of alkyl halides is 1. The van der Waals surface area contributed by atoms with Crippen molar-refractivity contribution in [3.8, 4) is 0 Å². The second-order valence-corrected chi connectivity index (χ2v) is 18.4. The minimum Gasteiger partial charge on any atom is -0.438 e. The maximum atomic E-state index is 16.3. The first-order valence-electron chi connectivity index (χ1n) is 15.4. The molecule has 0 bridgehead atoms. The van der Waals surface area contributed by atoms with Crippen LogP contribution in [0.5, 0.6) is 0 Å². The molecule has 3 saturated heterocycles. The topological polar surface area (TPSA) is 284 Å². The summed E-state index contributed by atoms with van der Waals surface area (Å²) < 4.78 is 82.2. The number of nitrogens with one attached hydrogen (secondary N) is 1. The van der Waals surface area contributed by atoms with Crippen molar-refractivity contribution in [2.24, 2.45) is 11.7 Å². The number of aromatic nitrogens is 8. The highest BCUT2D eigenvalue weighted by molar-refractivity contribution is 8.46. The van der Waals surface area contributed by atoms with Gasteiger partial charge >= 0.3 is 12.9 Å². The molecule has 0 spiro atoms. The number of carbonyl (C=O) groups excluding carboxylic acids is 1. The SMILES string of the molecule is NCCCNC(=O)O[C@@H]1[C@@H]2O[P@](=O)(S)OC[C@H]3O[C@@H](n4cnc5c(N)ncnc54)[C@H](F)[C@@H]3C[P@](=O)(S)OC[C@H]2O[C@H]1n1cnc2c(N)ncnc21. The number of alkyl carbamates (subject to hydrolysis) is 1. The predicted molar refractivity (Wildman–Crippen MR) is 182 cm³/mol. The molecule has 3 aliphatic heterocycles. The van der Waals surface area contributed by atoms with Crippen LogP contribution in [0.3, 0.4) is 0 Å². The molecule has 26 heteroatoms. The molecule has 4 aromatic rings. The number of ether oxygens (including phenoxy) is 3. The number of fused-ring (bicyclic) bond motifs is 4. The van der Waals surface area contributed by atoms with Gasteiger partial charge in [-0.1, -0.05) is 24.5 Å². The minimum atomic E-state index is -4.39. The van der Waals surface area contributed by atoms with Crippen LogP contribution in [0, 0.1) is 5.92 Å². The van der Waals surface area contributed by atoms with Crippen molar-refractivity contribution in [3.63, 3.8) is 0 Å². The van der Waals surface area contributed by atoms with Gasteiger partial charge in [0.2, 0.25) is 0 Å². The van der Waals surface area contributed by atoms with Crippen LogP contribution in [0.2, 0.25) is 0 Å². The molecule has 276 valence electrons. The molecule has 0 unspecified atom stereocenters. The minimum absolute atomic E-state index is 0.0730. The van der Waals surface area contributed by atoms with Crippen molar-refractivity contribution in [2.75, 3.05) is 43.9 Å². The Morgan fingerprint density at radius 3 is 2.20 bits per heavy atom. The first kappa shape index (κ1) is 36.2. The summed E-state index contributed by atoms with van der Waals surface area (Å²) in [6, 6.07) is 0. The third-order valence-electron chi connectivity index (χ3n) is 8.51. The van der Waals surface area contributed by atoms with E-state index in [1.807, 2.05) is 0 Å². The smallest absolute Gasteiger partial charge is 0.407 e. The fraction of sp³-hybridized carbons (Fsp3) is 0.560. The van der Waals surface area contributed by atoms with Crippen LogP contribution in [0.1, 0.15) is 18.9 Å². The van der Waals surface area contributed by atoms with Crippen LogP contribution in [0.25, 0.3) is 22.3 Å². The van der Waals surface area contributed by atoms with Gasteiger partial charge in [-0.3, -0.25) is 22.7 Å². The first-order chi connectivity index (χ1) is 24.4. The average molecular weight is 791 g/mol. The summed E-state index contributed by atoms with van der Waals surface area (Å²) in [5.74, 6) is -0.997. The zero-order chi connectivity index (χ0) is 36.1. The van der Waals surface area contributed by atoms with E-state index < -0.39 is 87.8 Å². The highest BCUT2D eigenvalue weighted by atomic mass is 32.7. The monoisotopic (exact) mass is 790 g/mol. The van der Waals surface area contributed by atoms with E-state index in [0.717, 1.165) is 0 Å². The Hall–Kier alpha value is -3.18. The van der Waals surface area contributed by atoms with E-state index >= 15 is 4.39 Å². The molecule has 51 heavy (non-hydrogen) atoms. The Kier molecular flexibility index (Phi) is 10.2. The summed E-state index contributed by atoms with van der Waals surface area (Å²) in [5.41, 5.74) is 18.3. The highest BCUT2D eigenvalue weighted by Gasteiger charge is 2.55. The Bertz CT molecular complexity index is 2030. The van der Waals surface area contributed by atoms with Crippen LogP contribution in [0.15, 0.2) is 25.3 Å². The number of amides is 1. The summed E-state index contributed by atoms with van der Waals surface area (Å²) in [5, 5.41) is 2.58. The number of halogens is 1. The van der Waals surface area contributed by atoms with Gasteiger partial charge in [-0.15, -0.1) is 0 Å². The summed E-state index contributed by atoms with van der Waals surface area (Å²) >= 11 is 8.50. The molecule has 7 heterocycles. The van der Waals surface area contributed by atoms with Gasteiger partial charge in [-0.25, -0.2) is 43.7 Å². The van der Waals surface area contributed by atoms with Crippen LogP contribution in [-0.2, 0) is 36.9 Å². The lowest BCUT2D eigenvalue weighted by atomic mass is 10.0. The molecule has 3 fully saturated rings. The van der Waals surface area contributed by atoms with Crippen LogP contribution < -0.4 is 22.5 Å². The number of carbonyl (C=O) groups is 1. The van der Waals surface area contributed by atoms with Crippen molar-refractivity contribution in [1.82, 2.24) is 44.4 Å². The van der Waals surface area contributed by atoms with Crippen LogP contribution >= 0.6 is 37.9 Å². The van der Waals surface area contributed by atoms with E-state index in [1.165, 1.54) is 34.4 Å². The lowest BCUT2D eigenvalue weighted by molar-refractivity contribution is -0.0497. The quantitative estimate of drug-likeness (QED) is 0.0919. The van der Waals surface area contributed by atoms with Gasteiger partial charge in [0.1, 0.15) is 35.9 Å². The standard InChI is InChI=1S/C25H33FN12O9P2S2/c26-14-11-6-48(40,50)42-5-13-17(47-49(41,51)43-4-12(11)44-23(14)37-9-35-15-19(28)31-7-33-21(15)37)18(46-25(39)30-3-1-2-27)24(45-13)38-10-36-16-20(29)32-8-34-22(16)38/h7-14,17-18,23-24H,1-6,27H2,(H,30,39)(H,40,50)(H,41,51)(H2,28,31,33)(H2,29,32,34)/t11-,12-,13-,14-,17-,18-,23-,24-,48-,49-/m1/s1. The number of nitrogens with two attached hydrogens (primary N) is 3. The number of rotatable bonds is 6. The van der Waals surface area contributed by atoms with Crippen molar-refractivity contribution in [2.45, 2.75) is 49.5 Å². The lowest BCUT2D eigenvalue weighted by Crippen LogP contribution is -2.41. The molecule has 7 N–H and O–H groups in total. The Labute approximate surface area is 298 Å². The molecule has 0 aromatic carbocycles. The third kappa shape index (κ3) is 7.26. The second-order valence-electron chi connectivity index (χ2n) is 11.8. The fourth-order valence-corrected chi connectivity index (χ4v) is 9.83. The van der Waals surface area contributed by atoms with Gasteiger partial charge in [0.05, 0.1) is 32.0 Å². The van der Waals surface area contributed by atoms with E-state index in [1.54, 1.807) is 0 Å². The second kappa shape index (κ2) is 14.3. The maximum Gasteiger partial charge on any atom is 0.407 e. The largest absolute Gasteiger partial charge is 0.438 e. The van der Waals surface area contributed by atoms with E-state index in [2.05, 4.69) is 59.7 Å². The number of nitrogens with zero attached hydrogens (tertiary/aromatic N) is 8. The molecule has 0 aliphatic carbocycles. The Balaban J connectivity index is 1.19. The summed E-state index contributed by atoms with van der Waals surface area (Å²) in [6.45, 7) is -8.87. The van der Waals surface area contributed by atoms with Gasteiger partial charge in [0.15, 0.2) is 47.7 Å². The van der Waals surface area contributed by atoms with Crippen molar-refractivity contribution < 1.29 is 46.1 Å². The van der Waals surface area contributed by atoms with E-state index in [-0.39, 0.29) is 40.5 Å². The third-order valence-corrected chi connectivity index (χ3v) is 12.4. The van der Waals surface area contributed by atoms with Crippen molar-refractivity contribution >= 4 is 77.9 Å². The maximum absolute atomic E-state index is 16.3. The Morgan fingerprint density at radius 1 is 0.941 bits per heavy atom. The number of anilines is 2. The lowest BCUT2D eigenvalue weighted by Gasteiger charge is -2.29. The van der Waals surface area contributed by atoms with E-state index in [0.29, 0.717) is 13.0 Å². The summed E-state index contributed by atoms with van der Waals surface area (Å²) in [6.07, 6.45) is -5.40. The van der Waals surface area contributed by atoms with Crippen LogP contribution in [-0.4, -0.2) is 108 Å². The number of hydrogen-bond donors (Lipinski definition) is 6. The normalized spacial score (nSPS) is 34.4. The average Bonchev–Trinajstić information content (AvgIpc) is 3.85. The summed E-state index contributed by atoms with van der Waals surface area (Å²) in [7, 11) is 0. The number of hydrogen-bond acceptors (Lipinski definition) is 18. The number of thiol groups is 2. The van der Waals surface area contributed by atoms with Gasteiger partial charge in [-0.2, -0.15) is 0 Å². The zero-order valence-corrected chi connectivity index (χ0v) is 29.9. The van der Waals surface area contributed by atoms with Crippen LogP contribution in [0.4, 0.5) is 20.8 Å². The fourth-order valence-electron chi connectivity index (χ4n) is 6.12. The first-order valence-corrected chi connectivity index (χ1v) is 21.1. The summed E-state index contributed by atoms with van der Waals surface area (Å²) in [4.78, 5) is 37.6. The molecular weight excluding hydrogens is 757 g/mol. The van der Waals surface area contributed by atoms with Crippen molar-refractivity contribution in [1.29, 1.82) is 0 Å². The van der Waals surface area contributed by atoms with Gasteiger partial charge in [-0.05, 0) is 13.0 Å². The number of imidazole rings is 2.